The summed E-state index contributed by atoms with van der Waals surface area (Å²) in [4.78, 5) is 21.6. The summed E-state index contributed by atoms with van der Waals surface area (Å²) in [6.45, 7) is 5.14. The Morgan fingerprint density at radius 3 is 2.65 bits per heavy atom. The number of aromatic nitrogens is 1. The molecule has 3 heterocycles. The van der Waals surface area contributed by atoms with Gasteiger partial charge in [-0.05, 0) is 44.4 Å². The Morgan fingerprint density at radius 1 is 1.27 bits per heavy atom. The number of nitrogens with zero attached hydrogens (tertiary/aromatic N) is 3. The lowest BCUT2D eigenvalue weighted by Crippen LogP contribution is -2.49. The second kappa shape index (κ2) is 11.8. The third-order valence-corrected chi connectivity index (χ3v) is 5.51. The first-order valence-electron chi connectivity index (χ1n) is 9.33. The molecule has 1 unspecified atom stereocenters. The van der Waals surface area contributed by atoms with Gasteiger partial charge in [0.2, 0.25) is 5.91 Å². The van der Waals surface area contributed by atoms with E-state index in [0.717, 1.165) is 70.5 Å². The van der Waals surface area contributed by atoms with Crippen LogP contribution in [0.15, 0.2) is 24.4 Å². The highest BCUT2D eigenvalue weighted by molar-refractivity contribution is 5.85. The second-order valence-electron chi connectivity index (χ2n) is 7.14. The maximum absolute atomic E-state index is 12.7. The largest absolute Gasteiger partial charge is 0.342 e. The molecule has 7 heteroatoms. The Hall–Kier alpha value is -0.880. The third-order valence-electron chi connectivity index (χ3n) is 5.51. The van der Waals surface area contributed by atoms with Crippen molar-refractivity contribution in [1.82, 2.24) is 20.1 Å². The Kier molecular flexibility index (Phi) is 10.5. The van der Waals surface area contributed by atoms with Gasteiger partial charge in [0.05, 0.1) is 5.92 Å². The van der Waals surface area contributed by atoms with Crippen molar-refractivity contribution in [1.29, 1.82) is 0 Å². The average molecular weight is 403 g/mol. The summed E-state index contributed by atoms with van der Waals surface area (Å²) in [5, 5.41) is 3.35. The molecule has 148 valence electrons. The first kappa shape index (κ1) is 23.2. The quantitative estimate of drug-likeness (QED) is 0.820. The highest BCUT2D eigenvalue weighted by atomic mass is 35.5. The second-order valence-corrected chi connectivity index (χ2v) is 7.14. The van der Waals surface area contributed by atoms with E-state index >= 15 is 0 Å². The molecule has 1 N–H and O–H groups in total. The van der Waals surface area contributed by atoms with Gasteiger partial charge in [0.15, 0.2) is 0 Å². The average Bonchev–Trinajstić information content (AvgIpc) is 2.67. The van der Waals surface area contributed by atoms with Crippen LogP contribution in [0.5, 0.6) is 0 Å². The molecular weight excluding hydrogens is 371 g/mol. The normalized spacial score (nSPS) is 21.3. The van der Waals surface area contributed by atoms with E-state index in [0.29, 0.717) is 11.9 Å². The van der Waals surface area contributed by atoms with Crippen LogP contribution in [0, 0.1) is 5.92 Å². The van der Waals surface area contributed by atoms with Gasteiger partial charge < -0.3 is 15.1 Å². The van der Waals surface area contributed by atoms with Crippen LogP contribution in [-0.4, -0.2) is 66.5 Å². The number of carbonyl (C=O) groups excluding carboxylic acids is 1. The SMILES string of the molecule is CN(C(=O)C1CCCNC1)C1CCN(CCc2ccccn2)CC1.Cl.Cl. The van der Waals surface area contributed by atoms with E-state index < -0.39 is 0 Å². The molecule has 0 saturated carbocycles. The number of halogens is 2. The first-order chi connectivity index (χ1) is 11.7. The van der Waals surface area contributed by atoms with E-state index in [4.69, 9.17) is 0 Å². The van der Waals surface area contributed by atoms with Gasteiger partial charge in [0, 0.05) is 57.6 Å². The lowest BCUT2D eigenvalue weighted by atomic mass is 9.96. The topological polar surface area (TPSA) is 48.5 Å². The van der Waals surface area contributed by atoms with Crippen molar-refractivity contribution in [2.45, 2.75) is 38.1 Å². The summed E-state index contributed by atoms with van der Waals surface area (Å²) in [6.07, 6.45) is 7.21. The number of carbonyl (C=O) groups is 1. The Balaban J connectivity index is 0.00000169. The summed E-state index contributed by atoms with van der Waals surface area (Å²) in [5.74, 6) is 0.528. The minimum Gasteiger partial charge on any atom is -0.342 e. The lowest BCUT2D eigenvalue weighted by molar-refractivity contribution is -0.137. The van der Waals surface area contributed by atoms with Crippen molar-refractivity contribution in [3.8, 4) is 0 Å². The van der Waals surface area contributed by atoms with Crippen molar-refractivity contribution in [2.24, 2.45) is 5.92 Å². The number of pyridine rings is 1. The molecule has 2 aliphatic heterocycles. The minimum atomic E-state index is 0. The van der Waals surface area contributed by atoms with Gasteiger partial charge in [-0.25, -0.2) is 0 Å². The van der Waals surface area contributed by atoms with Crippen LogP contribution >= 0.6 is 24.8 Å². The van der Waals surface area contributed by atoms with E-state index in [1.807, 2.05) is 24.2 Å². The molecule has 2 saturated heterocycles. The number of amides is 1. The number of hydrogen-bond donors (Lipinski definition) is 1. The fraction of sp³-hybridized carbons (Fsp3) is 0.684. The fourth-order valence-corrected chi connectivity index (χ4v) is 3.88. The number of nitrogens with one attached hydrogen (secondary N) is 1. The molecule has 0 aliphatic carbocycles. The van der Waals surface area contributed by atoms with Gasteiger partial charge >= 0.3 is 0 Å². The maximum Gasteiger partial charge on any atom is 0.226 e. The predicted molar refractivity (Wildman–Crippen MR) is 110 cm³/mol. The maximum atomic E-state index is 12.7. The van der Waals surface area contributed by atoms with Crippen LogP contribution in [0.2, 0.25) is 0 Å². The van der Waals surface area contributed by atoms with Crippen LogP contribution in [0.3, 0.4) is 0 Å². The summed E-state index contributed by atoms with van der Waals surface area (Å²) in [7, 11) is 2.01. The van der Waals surface area contributed by atoms with Crippen molar-refractivity contribution in [3.63, 3.8) is 0 Å². The minimum absolute atomic E-state index is 0. The number of piperidine rings is 2. The molecule has 1 aromatic heterocycles. The van der Waals surface area contributed by atoms with Crippen LogP contribution in [0.25, 0.3) is 0 Å². The molecule has 2 fully saturated rings. The molecule has 2 aliphatic rings. The summed E-state index contributed by atoms with van der Waals surface area (Å²) in [5.41, 5.74) is 1.16. The molecule has 0 aromatic carbocycles. The van der Waals surface area contributed by atoms with Crippen molar-refractivity contribution in [3.05, 3.63) is 30.1 Å². The predicted octanol–water partition coefficient (Wildman–Crippen LogP) is 2.39. The summed E-state index contributed by atoms with van der Waals surface area (Å²) < 4.78 is 0. The van der Waals surface area contributed by atoms with Crippen LogP contribution in [0.1, 0.15) is 31.4 Å². The monoisotopic (exact) mass is 402 g/mol. The van der Waals surface area contributed by atoms with Crippen molar-refractivity contribution >= 4 is 30.7 Å². The highest BCUT2D eigenvalue weighted by Crippen LogP contribution is 2.20. The van der Waals surface area contributed by atoms with Crippen LogP contribution < -0.4 is 5.32 Å². The van der Waals surface area contributed by atoms with E-state index in [9.17, 15) is 4.79 Å². The van der Waals surface area contributed by atoms with Crippen molar-refractivity contribution < 1.29 is 4.79 Å². The number of rotatable bonds is 5. The summed E-state index contributed by atoms with van der Waals surface area (Å²) >= 11 is 0. The Labute approximate surface area is 169 Å². The smallest absolute Gasteiger partial charge is 0.226 e. The molecule has 26 heavy (non-hydrogen) atoms. The van der Waals surface area contributed by atoms with E-state index in [1.54, 1.807) is 0 Å². The third kappa shape index (κ3) is 6.38. The lowest BCUT2D eigenvalue weighted by Gasteiger charge is -2.38. The molecule has 0 spiro atoms. The molecule has 5 nitrogen and oxygen atoms in total. The molecule has 0 bridgehead atoms. The fourth-order valence-electron chi connectivity index (χ4n) is 3.88. The molecule has 1 atom stereocenters. The molecular formula is C19H32Cl2N4O. The van der Waals surface area contributed by atoms with E-state index in [1.165, 1.54) is 0 Å². The van der Waals surface area contributed by atoms with Gasteiger partial charge in [0.1, 0.15) is 0 Å². The molecule has 1 amide bonds. The zero-order valence-corrected chi connectivity index (χ0v) is 17.2. The zero-order valence-electron chi connectivity index (χ0n) is 15.6. The molecule has 3 rings (SSSR count). The highest BCUT2D eigenvalue weighted by Gasteiger charge is 2.30. The zero-order chi connectivity index (χ0) is 16.8. The Morgan fingerprint density at radius 2 is 2.04 bits per heavy atom. The standard InChI is InChI=1S/C19H30N4O.2ClH/c1-22(19(24)16-5-4-10-20-15-16)18-8-13-23(14-9-18)12-7-17-6-2-3-11-21-17;;/h2-3,6,11,16,18,20H,4-5,7-10,12-15H2,1H3;2*1H. The summed E-state index contributed by atoms with van der Waals surface area (Å²) in [6, 6.07) is 6.52. The number of likely N-dealkylation sites (tertiary alicyclic amines) is 1. The van der Waals surface area contributed by atoms with E-state index in [2.05, 4.69) is 27.3 Å². The van der Waals surface area contributed by atoms with Crippen molar-refractivity contribution in [2.75, 3.05) is 39.8 Å². The van der Waals surface area contributed by atoms with Gasteiger partial charge in [-0.3, -0.25) is 9.78 Å². The van der Waals surface area contributed by atoms with Gasteiger partial charge in [-0.1, -0.05) is 6.07 Å². The van der Waals surface area contributed by atoms with Gasteiger partial charge in [-0.2, -0.15) is 0 Å². The number of hydrogen-bond acceptors (Lipinski definition) is 4. The Bertz CT molecular complexity index is 518. The van der Waals surface area contributed by atoms with E-state index in [-0.39, 0.29) is 30.7 Å². The first-order valence-corrected chi connectivity index (χ1v) is 9.33. The van der Waals surface area contributed by atoms with Crippen LogP contribution in [0.4, 0.5) is 0 Å². The van der Waals surface area contributed by atoms with Crippen LogP contribution in [-0.2, 0) is 11.2 Å². The van der Waals surface area contributed by atoms with Gasteiger partial charge in [0.25, 0.3) is 0 Å². The molecule has 0 radical (unpaired) electrons. The molecule has 1 aromatic rings. The van der Waals surface area contributed by atoms with Gasteiger partial charge in [-0.15, -0.1) is 24.8 Å².